The molecule has 1 amide bonds. The normalized spacial score (nSPS) is 15.1. The summed E-state index contributed by atoms with van der Waals surface area (Å²) in [6.45, 7) is -0.432. The Kier molecular flexibility index (Phi) is 6.24. The summed E-state index contributed by atoms with van der Waals surface area (Å²) in [5, 5.41) is 14.8. The maximum Gasteiger partial charge on any atom is 0.387 e. The summed E-state index contributed by atoms with van der Waals surface area (Å²) in [5.74, 6) is -0.656. The minimum atomic E-state index is -2.85. The fourth-order valence-corrected chi connectivity index (χ4v) is 4.40. The van der Waals surface area contributed by atoms with E-state index in [0.717, 1.165) is 21.7 Å². The first-order valence-corrected chi connectivity index (χ1v) is 10.5. The van der Waals surface area contributed by atoms with Crippen molar-refractivity contribution in [3.05, 3.63) is 77.6 Å². The number of aromatic nitrogens is 2. The number of amides is 1. The Hall–Kier alpha value is -2.91. The van der Waals surface area contributed by atoms with Crippen LogP contribution in [-0.4, -0.2) is 37.8 Å². The summed E-state index contributed by atoms with van der Waals surface area (Å²) in [6.07, 6.45) is 1.05. The van der Waals surface area contributed by atoms with Gasteiger partial charge in [0.15, 0.2) is 0 Å². The lowest BCUT2D eigenvalue weighted by atomic mass is 9.93. The lowest BCUT2D eigenvalue weighted by molar-refractivity contribution is -0.135. The molecular formula is C22H21F2N3O3S. The lowest BCUT2D eigenvalue weighted by Crippen LogP contribution is -2.36. The molecule has 0 bridgehead atoms. The number of hydrogen-bond donors (Lipinski definition) is 1. The maximum atomic E-state index is 13.1. The van der Waals surface area contributed by atoms with Crippen molar-refractivity contribution < 1.29 is 23.4 Å². The summed E-state index contributed by atoms with van der Waals surface area (Å²) >= 11 is 1.34. The highest BCUT2D eigenvalue weighted by molar-refractivity contribution is 7.97. The molecule has 2 heterocycles. The Labute approximate surface area is 182 Å². The van der Waals surface area contributed by atoms with Gasteiger partial charge in [0.05, 0.1) is 24.3 Å². The second-order valence-corrected chi connectivity index (χ2v) is 8.30. The van der Waals surface area contributed by atoms with Gasteiger partial charge in [-0.1, -0.05) is 30.3 Å². The van der Waals surface area contributed by atoms with E-state index < -0.39 is 18.6 Å². The van der Waals surface area contributed by atoms with Crippen LogP contribution in [0.3, 0.4) is 0 Å². The maximum absolute atomic E-state index is 13.1. The predicted molar refractivity (Wildman–Crippen MR) is 112 cm³/mol. The molecule has 1 aromatic heterocycles. The van der Waals surface area contributed by atoms with Gasteiger partial charge in [0, 0.05) is 35.1 Å². The molecule has 6 nitrogen and oxygen atoms in total. The number of carbonyl (C=O) groups excluding carboxylic acids is 1. The standard InChI is InChI=1S/C22H21F2N3O3S/c1-14(28)20(15-5-3-2-4-6-15)21(29)26-11-16-12-27(25-19(16)13-26)31-18-9-7-17(8-10-18)30-22(23)24/h2-10,12,14,20,22,28H,11,13H2,1H3. The van der Waals surface area contributed by atoms with Crippen LogP contribution in [0.1, 0.15) is 29.7 Å². The number of benzene rings is 2. The fourth-order valence-electron chi connectivity index (χ4n) is 3.60. The van der Waals surface area contributed by atoms with Gasteiger partial charge < -0.3 is 14.7 Å². The molecule has 0 saturated heterocycles. The topological polar surface area (TPSA) is 67.6 Å². The van der Waals surface area contributed by atoms with Crippen molar-refractivity contribution >= 4 is 17.9 Å². The van der Waals surface area contributed by atoms with Gasteiger partial charge >= 0.3 is 6.61 Å². The molecule has 31 heavy (non-hydrogen) atoms. The SMILES string of the molecule is CC(O)C(C(=O)N1Cc2cn(Sc3ccc(OC(F)F)cc3)nc2C1)c1ccccc1. The molecule has 1 aliphatic heterocycles. The summed E-state index contributed by atoms with van der Waals surface area (Å²) in [4.78, 5) is 15.6. The third-order valence-corrected chi connectivity index (χ3v) is 5.88. The molecule has 0 aliphatic carbocycles. The quantitative estimate of drug-likeness (QED) is 0.594. The third kappa shape index (κ3) is 4.88. The first kappa shape index (κ1) is 21.3. The molecule has 4 rings (SSSR count). The Morgan fingerprint density at radius 1 is 1.13 bits per heavy atom. The van der Waals surface area contributed by atoms with Gasteiger partial charge in [-0.15, -0.1) is 0 Å². The van der Waals surface area contributed by atoms with Crippen LogP contribution >= 0.6 is 11.9 Å². The van der Waals surface area contributed by atoms with Gasteiger partial charge in [-0.05, 0) is 36.8 Å². The number of ether oxygens (including phenoxy) is 1. The number of halogens is 2. The van der Waals surface area contributed by atoms with Crippen LogP contribution in [0.5, 0.6) is 5.75 Å². The minimum absolute atomic E-state index is 0.0996. The van der Waals surface area contributed by atoms with Crippen molar-refractivity contribution in [3.8, 4) is 5.75 Å². The van der Waals surface area contributed by atoms with Crippen LogP contribution in [0.4, 0.5) is 8.78 Å². The number of aliphatic hydroxyl groups excluding tert-OH is 1. The zero-order valence-electron chi connectivity index (χ0n) is 16.7. The molecule has 1 N–H and O–H groups in total. The average Bonchev–Trinajstić information content (AvgIpc) is 3.28. The third-order valence-electron chi connectivity index (χ3n) is 5.02. The van der Waals surface area contributed by atoms with Crippen LogP contribution in [-0.2, 0) is 17.9 Å². The lowest BCUT2D eigenvalue weighted by Gasteiger charge is -2.25. The summed E-state index contributed by atoms with van der Waals surface area (Å²) < 4.78 is 30.6. The number of aliphatic hydroxyl groups is 1. The van der Waals surface area contributed by atoms with E-state index in [4.69, 9.17) is 0 Å². The summed E-state index contributed by atoms with van der Waals surface area (Å²) in [5.41, 5.74) is 2.53. The van der Waals surface area contributed by atoms with E-state index in [2.05, 4.69) is 9.84 Å². The molecule has 2 aromatic carbocycles. The zero-order chi connectivity index (χ0) is 22.0. The van der Waals surface area contributed by atoms with E-state index in [1.165, 1.54) is 24.1 Å². The highest BCUT2D eigenvalue weighted by atomic mass is 32.2. The Morgan fingerprint density at radius 3 is 2.45 bits per heavy atom. The van der Waals surface area contributed by atoms with Crippen molar-refractivity contribution in [1.82, 2.24) is 14.1 Å². The van der Waals surface area contributed by atoms with Crippen LogP contribution in [0.25, 0.3) is 0 Å². The largest absolute Gasteiger partial charge is 0.435 e. The number of carbonyl (C=O) groups is 1. The Bertz CT molecular complexity index is 1020. The number of hydrogen-bond acceptors (Lipinski definition) is 5. The van der Waals surface area contributed by atoms with E-state index in [0.29, 0.717) is 13.1 Å². The number of nitrogens with zero attached hydrogens (tertiary/aromatic N) is 3. The van der Waals surface area contributed by atoms with Crippen molar-refractivity contribution in [3.63, 3.8) is 0 Å². The number of alkyl halides is 2. The summed E-state index contributed by atoms with van der Waals surface area (Å²) in [7, 11) is 0. The van der Waals surface area contributed by atoms with Crippen LogP contribution < -0.4 is 4.74 Å². The number of rotatable bonds is 7. The van der Waals surface area contributed by atoms with Gasteiger partial charge in [-0.3, -0.25) is 4.79 Å². The summed E-state index contributed by atoms with van der Waals surface area (Å²) in [6, 6.07) is 15.6. The molecule has 0 fully saturated rings. The second-order valence-electron chi connectivity index (χ2n) is 7.27. The Balaban J connectivity index is 1.41. The smallest absolute Gasteiger partial charge is 0.387 e. The highest BCUT2D eigenvalue weighted by Crippen LogP contribution is 2.31. The van der Waals surface area contributed by atoms with E-state index >= 15 is 0 Å². The van der Waals surface area contributed by atoms with Gasteiger partial charge in [-0.2, -0.15) is 13.9 Å². The molecule has 2 atom stereocenters. The van der Waals surface area contributed by atoms with Crippen LogP contribution in [0.2, 0.25) is 0 Å². The van der Waals surface area contributed by atoms with Crippen LogP contribution in [0.15, 0.2) is 65.7 Å². The molecule has 1 aliphatic rings. The van der Waals surface area contributed by atoms with E-state index in [9.17, 15) is 18.7 Å². The molecule has 3 aromatic rings. The minimum Gasteiger partial charge on any atom is -0.435 e. The van der Waals surface area contributed by atoms with E-state index in [1.807, 2.05) is 36.5 Å². The van der Waals surface area contributed by atoms with Gasteiger partial charge in [-0.25, -0.2) is 4.09 Å². The second kappa shape index (κ2) is 9.07. The molecular weight excluding hydrogens is 424 g/mol. The van der Waals surface area contributed by atoms with E-state index in [1.54, 1.807) is 28.0 Å². The first-order chi connectivity index (χ1) is 14.9. The van der Waals surface area contributed by atoms with Crippen molar-refractivity contribution in [2.45, 2.75) is 43.5 Å². The van der Waals surface area contributed by atoms with Gasteiger partial charge in [0.1, 0.15) is 5.75 Å². The monoisotopic (exact) mass is 445 g/mol. The van der Waals surface area contributed by atoms with Gasteiger partial charge in [0.2, 0.25) is 5.91 Å². The highest BCUT2D eigenvalue weighted by Gasteiger charge is 2.34. The zero-order valence-corrected chi connectivity index (χ0v) is 17.5. The van der Waals surface area contributed by atoms with Gasteiger partial charge in [0.25, 0.3) is 0 Å². The molecule has 0 spiro atoms. The Morgan fingerprint density at radius 2 is 1.84 bits per heavy atom. The molecule has 9 heteroatoms. The molecule has 0 saturated carbocycles. The van der Waals surface area contributed by atoms with Crippen molar-refractivity contribution in [2.24, 2.45) is 0 Å². The first-order valence-electron chi connectivity index (χ1n) is 9.73. The van der Waals surface area contributed by atoms with Crippen molar-refractivity contribution in [1.29, 1.82) is 0 Å². The molecule has 0 radical (unpaired) electrons. The predicted octanol–water partition coefficient (Wildman–Crippen LogP) is 4.05. The number of fused-ring (bicyclic) bond motifs is 1. The van der Waals surface area contributed by atoms with Crippen molar-refractivity contribution in [2.75, 3.05) is 0 Å². The van der Waals surface area contributed by atoms with Crippen LogP contribution in [0, 0.1) is 0 Å². The fraction of sp³-hybridized carbons (Fsp3) is 0.273. The molecule has 2 unspecified atom stereocenters. The average molecular weight is 445 g/mol. The van der Waals surface area contributed by atoms with E-state index in [-0.39, 0.29) is 11.7 Å². The molecule has 162 valence electrons.